The second-order valence-corrected chi connectivity index (χ2v) is 10.7. The highest BCUT2D eigenvalue weighted by Crippen LogP contribution is 2.38. The third-order valence-electron chi connectivity index (χ3n) is 8.01. The van der Waals surface area contributed by atoms with Crippen molar-refractivity contribution in [3.05, 3.63) is 77.0 Å². The first-order valence-electron chi connectivity index (χ1n) is 14.3. The number of ether oxygens (including phenoxy) is 3. The molecule has 4 aliphatic rings. The molecule has 216 valence electrons. The molecule has 2 aromatic carbocycles. The number of hydrogen-bond donors (Lipinski definition) is 0. The summed E-state index contributed by atoms with van der Waals surface area (Å²) in [6.07, 6.45) is 2.67. The van der Waals surface area contributed by atoms with E-state index in [0.717, 1.165) is 47.7 Å². The van der Waals surface area contributed by atoms with E-state index in [-0.39, 0.29) is 17.9 Å². The summed E-state index contributed by atoms with van der Waals surface area (Å²) in [7, 11) is 0. The zero-order valence-corrected chi connectivity index (χ0v) is 23.4. The van der Waals surface area contributed by atoms with E-state index >= 15 is 0 Å². The molecule has 7 rings (SSSR count). The Morgan fingerprint density at radius 1 is 0.927 bits per heavy atom. The van der Waals surface area contributed by atoms with Crippen LogP contribution in [0.2, 0.25) is 0 Å². The number of carbonyl (C=O) groups excluding carboxylic acids is 2. The summed E-state index contributed by atoms with van der Waals surface area (Å²) in [6.45, 7) is 7.28. The Labute approximate surface area is 239 Å². The quantitative estimate of drug-likeness (QED) is 0.482. The zero-order valence-electron chi connectivity index (χ0n) is 23.4. The summed E-state index contributed by atoms with van der Waals surface area (Å²) < 4.78 is 23.0. The van der Waals surface area contributed by atoms with E-state index in [1.807, 2.05) is 29.2 Å². The minimum atomic E-state index is -0.211. The molecular weight excluding hydrogens is 524 g/mol. The first kappa shape index (κ1) is 27.3. The molecule has 0 aliphatic carbocycles. The van der Waals surface area contributed by atoms with Gasteiger partial charge in [-0.15, -0.1) is 0 Å². The smallest absolute Gasteiger partial charge is 0.276 e. The van der Waals surface area contributed by atoms with Gasteiger partial charge in [-0.1, -0.05) is 18.2 Å². The summed E-state index contributed by atoms with van der Waals surface area (Å²) in [6, 6.07) is 13.9. The van der Waals surface area contributed by atoms with E-state index in [1.165, 1.54) is 6.39 Å². The average molecular weight is 561 g/mol. The summed E-state index contributed by atoms with van der Waals surface area (Å²) in [5.41, 5.74) is 3.59. The molecule has 1 aromatic heterocycles. The van der Waals surface area contributed by atoms with Crippen molar-refractivity contribution >= 4 is 11.8 Å². The monoisotopic (exact) mass is 560 g/mol. The van der Waals surface area contributed by atoms with Gasteiger partial charge in [-0.05, 0) is 60.7 Å². The molecule has 1 fully saturated rings. The molecule has 1 atom stereocenters. The second kappa shape index (κ2) is 12.3. The number of aryl methyl sites for hydroxylation is 1. The molecule has 0 spiro atoms. The van der Waals surface area contributed by atoms with Crippen molar-refractivity contribution in [2.75, 3.05) is 65.7 Å². The van der Waals surface area contributed by atoms with E-state index < -0.39 is 0 Å². The van der Waals surface area contributed by atoms with Gasteiger partial charge in [-0.2, -0.15) is 0 Å². The lowest BCUT2D eigenvalue weighted by atomic mass is 9.87. The lowest BCUT2D eigenvalue weighted by molar-refractivity contribution is -0.135. The molecule has 2 amide bonds. The Kier molecular flexibility index (Phi) is 8.20. The summed E-state index contributed by atoms with van der Waals surface area (Å²) in [5, 5.41) is 0. The van der Waals surface area contributed by atoms with E-state index in [4.69, 9.17) is 18.6 Å². The third-order valence-corrected chi connectivity index (χ3v) is 8.01. The summed E-state index contributed by atoms with van der Waals surface area (Å²) in [5.74, 6) is 1.93. The van der Waals surface area contributed by atoms with E-state index in [1.54, 1.807) is 11.8 Å². The van der Waals surface area contributed by atoms with Gasteiger partial charge in [-0.3, -0.25) is 14.5 Å². The number of hydrogen-bond acceptors (Lipinski definition) is 8. The lowest BCUT2D eigenvalue weighted by Gasteiger charge is -2.39. The first-order chi connectivity index (χ1) is 20.1. The minimum Gasteiger partial charge on any atom is -0.494 e. The van der Waals surface area contributed by atoms with Crippen LogP contribution < -0.4 is 9.47 Å². The number of amides is 2. The molecule has 10 nitrogen and oxygen atoms in total. The lowest BCUT2D eigenvalue weighted by Crippen LogP contribution is -2.48. The van der Waals surface area contributed by atoms with E-state index in [9.17, 15) is 9.59 Å². The number of nitrogens with zero attached hydrogens (tertiary/aromatic N) is 4. The standard InChI is InChI=1S/C31H36N4O6/c1-22-29(32-21-41-22)31(37)34-9-3-14-39-25-5-2-4-24(19-25)30-27-7-6-26(40-17-13-34)18-23(27)8-10-35(30)28(36)20-33-11-15-38-16-12-33/h2,4-7,18-19,21,30H,3,8-17,20H2,1H3. The number of benzene rings is 2. The molecule has 6 bridgehead atoms. The molecule has 0 N–H and O–H groups in total. The molecule has 1 saturated heterocycles. The molecule has 5 heterocycles. The van der Waals surface area contributed by atoms with Crippen molar-refractivity contribution in [2.24, 2.45) is 0 Å². The Bertz CT molecular complexity index is 1380. The van der Waals surface area contributed by atoms with Crippen molar-refractivity contribution in [1.82, 2.24) is 19.7 Å². The SMILES string of the molecule is Cc1ocnc1C(=O)N1CCCOc2cccc(c2)C2c3ccc(cc3CCN2C(=O)CN2CCOCC2)OCC1. The van der Waals surface area contributed by atoms with Crippen molar-refractivity contribution in [2.45, 2.75) is 25.8 Å². The Morgan fingerprint density at radius 2 is 1.76 bits per heavy atom. The number of fused-ring (bicyclic) bond motifs is 8. The Hall–Kier alpha value is -3.89. The number of aromatic nitrogens is 1. The van der Waals surface area contributed by atoms with Gasteiger partial charge in [-0.25, -0.2) is 4.98 Å². The van der Waals surface area contributed by atoms with Gasteiger partial charge < -0.3 is 28.4 Å². The minimum absolute atomic E-state index is 0.121. The van der Waals surface area contributed by atoms with Crippen LogP contribution in [-0.2, 0) is 16.0 Å². The van der Waals surface area contributed by atoms with Gasteiger partial charge >= 0.3 is 0 Å². The molecule has 10 heteroatoms. The van der Waals surface area contributed by atoms with E-state index in [0.29, 0.717) is 70.5 Å². The zero-order chi connectivity index (χ0) is 28.2. The molecule has 0 radical (unpaired) electrons. The fourth-order valence-electron chi connectivity index (χ4n) is 5.83. The van der Waals surface area contributed by atoms with Crippen LogP contribution in [0, 0.1) is 6.92 Å². The van der Waals surface area contributed by atoms with Crippen LogP contribution in [0.3, 0.4) is 0 Å². The number of oxazole rings is 1. The van der Waals surface area contributed by atoms with Crippen LogP contribution in [0.15, 0.2) is 53.3 Å². The van der Waals surface area contributed by atoms with Gasteiger partial charge in [0, 0.05) is 26.2 Å². The second-order valence-electron chi connectivity index (χ2n) is 10.7. The van der Waals surface area contributed by atoms with Gasteiger partial charge in [0.1, 0.15) is 23.9 Å². The number of carbonyl (C=O) groups is 2. The number of morpholine rings is 1. The maximum Gasteiger partial charge on any atom is 0.276 e. The fraction of sp³-hybridized carbons (Fsp3) is 0.452. The van der Waals surface area contributed by atoms with Gasteiger partial charge in [0.25, 0.3) is 5.91 Å². The summed E-state index contributed by atoms with van der Waals surface area (Å²) >= 11 is 0. The summed E-state index contributed by atoms with van der Waals surface area (Å²) in [4.78, 5) is 36.9. The molecule has 4 aliphatic heterocycles. The predicted octanol–water partition coefficient (Wildman–Crippen LogP) is 3.09. The highest BCUT2D eigenvalue weighted by atomic mass is 16.5. The topological polar surface area (TPSA) is 97.6 Å². The molecule has 0 saturated carbocycles. The van der Waals surface area contributed by atoms with Crippen LogP contribution in [0.1, 0.15) is 45.4 Å². The van der Waals surface area contributed by atoms with Gasteiger partial charge in [0.2, 0.25) is 5.91 Å². The Morgan fingerprint density at radius 3 is 2.59 bits per heavy atom. The van der Waals surface area contributed by atoms with Crippen LogP contribution in [0.4, 0.5) is 0 Å². The number of rotatable bonds is 3. The highest BCUT2D eigenvalue weighted by molar-refractivity contribution is 5.93. The molecule has 41 heavy (non-hydrogen) atoms. The largest absolute Gasteiger partial charge is 0.494 e. The average Bonchev–Trinajstić information content (AvgIpc) is 3.43. The molecular formula is C31H36N4O6. The van der Waals surface area contributed by atoms with Crippen molar-refractivity contribution in [3.63, 3.8) is 0 Å². The fourth-order valence-corrected chi connectivity index (χ4v) is 5.83. The van der Waals surface area contributed by atoms with Crippen molar-refractivity contribution in [1.29, 1.82) is 0 Å². The van der Waals surface area contributed by atoms with Gasteiger partial charge in [0.05, 0.1) is 39.0 Å². The van der Waals surface area contributed by atoms with E-state index in [2.05, 4.69) is 28.1 Å². The third kappa shape index (κ3) is 6.08. The van der Waals surface area contributed by atoms with Crippen molar-refractivity contribution in [3.8, 4) is 11.5 Å². The van der Waals surface area contributed by atoms with Crippen molar-refractivity contribution < 1.29 is 28.2 Å². The van der Waals surface area contributed by atoms with Crippen LogP contribution in [-0.4, -0.2) is 97.2 Å². The predicted molar refractivity (Wildman–Crippen MR) is 150 cm³/mol. The normalized spacial score (nSPS) is 19.9. The molecule has 1 unspecified atom stereocenters. The van der Waals surface area contributed by atoms with Crippen LogP contribution >= 0.6 is 0 Å². The first-order valence-corrected chi connectivity index (χ1v) is 14.3. The molecule has 3 aromatic rings. The van der Waals surface area contributed by atoms with Crippen LogP contribution in [0.5, 0.6) is 11.5 Å². The highest BCUT2D eigenvalue weighted by Gasteiger charge is 2.33. The van der Waals surface area contributed by atoms with Crippen LogP contribution in [0.25, 0.3) is 0 Å². The Balaban J connectivity index is 1.28. The maximum atomic E-state index is 13.7. The van der Waals surface area contributed by atoms with Gasteiger partial charge in [0.15, 0.2) is 12.1 Å². The maximum absolute atomic E-state index is 13.7.